The van der Waals surface area contributed by atoms with E-state index in [4.69, 9.17) is 15.5 Å². The number of hydrogen-bond donors (Lipinski definition) is 1. The summed E-state index contributed by atoms with van der Waals surface area (Å²) in [5.74, 6) is 2.90. The first-order chi connectivity index (χ1) is 14.3. The van der Waals surface area contributed by atoms with Gasteiger partial charge in [-0.05, 0) is 30.5 Å². The van der Waals surface area contributed by atoms with Gasteiger partial charge < -0.3 is 10.5 Å². The Kier molecular flexibility index (Phi) is 4.64. The van der Waals surface area contributed by atoms with Crippen LogP contribution in [0.4, 0.5) is 5.82 Å². The van der Waals surface area contributed by atoms with Crippen LogP contribution in [0, 0.1) is 0 Å². The molecular formula is C24H24N4O. The first-order valence-electron chi connectivity index (χ1n) is 10.2. The zero-order chi connectivity index (χ0) is 19.6. The van der Waals surface area contributed by atoms with Crippen molar-refractivity contribution in [3.05, 3.63) is 78.4 Å². The van der Waals surface area contributed by atoms with E-state index in [0.29, 0.717) is 18.3 Å². The number of aromatic nitrogens is 3. The van der Waals surface area contributed by atoms with Crippen LogP contribution in [0.2, 0.25) is 0 Å². The fraction of sp³-hybridized carbons (Fsp3) is 0.250. The van der Waals surface area contributed by atoms with Gasteiger partial charge >= 0.3 is 0 Å². The topological polar surface area (TPSA) is 65.4 Å². The molecule has 2 heterocycles. The molecule has 1 aliphatic carbocycles. The Morgan fingerprint density at radius 2 is 1.86 bits per heavy atom. The third kappa shape index (κ3) is 3.44. The van der Waals surface area contributed by atoms with Gasteiger partial charge in [0.1, 0.15) is 35.2 Å². The Balaban J connectivity index is 1.52. The maximum absolute atomic E-state index is 6.28. The lowest BCUT2D eigenvalue weighted by molar-refractivity contribution is 0.306. The van der Waals surface area contributed by atoms with Crippen molar-refractivity contribution >= 4 is 11.3 Å². The third-order valence-electron chi connectivity index (χ3n) is 5.69. The smallest absolute Gasteiger partial charge is 0.150 e. The maximum atomic E-state index is 6.28. The van der Waals surface area contributed by atoms with Gasteiger partial charge in [-0.2, -0.15) is 0 Å². The van der Waals surface area contributed by atoms with Gasteiger partial charge in [-0.25, -0.2) is 9.97 Å². The maximum Gasteiger partial charge on any atom is 0.150 e. The Labute approximate surface area is 170 Å². The minimum absolute atomic E-state index is 0.482. The largest absolute Gasteiger partial charge is 0.489 e. The van der Waals surface area contributed by atoms with Gasteiger partial charge in [0.2, 0.25) is 0 Å². The minimum Gasteiger partial charge on any atom is -0.489 e. The molecule has 0 unspecified atom stereocenters. The Morgan fingerprint density at radius 3 is 2.69 bits per heavy atom. The van der Waals surface area contributed by atoms with Crippen LogP contribution in [-0.2, 0) is 6.61 Å². The number of nitrogen functional groups attached to an aromatic ring is 1. The van der Waals surface area contributed by atoms with Crippen molar-refractivity contribution in [2.24, 2.45) is 0 Å². The standard InChI is InChI=1S/C24H24N4O/c25-23-22-21(27-24(18-9-4-5-10-18)28(22)14-13-26-23)19-11-6-12-20(15-19)29-16-17-7-2-1-3-8-17/h1-3,6-8,11-15,18H,4-5,9-10,16H2,(H2,25,26). The van der Waals surface area contributed by atoms with Crippen LogP contribution < -0.4 is 10.5 Å². The molecule has 1 fully saturated rings. The van der Waals surface area contributed by atoms with Crippen LogP contribution in [-0.4, -0.2) is 14.4 Å². The lowest BCUT2D eigenvalue weighted by Crippen LogP contribution is -2.01. The average molecular weight is 384 g/mol. The minimum atomic E-state index is 0.482. The quantitative estimate of drug-likeness (QED) is 0.513. The molecule has 2 aromatic heterocycles. The van der Waals surface area contributed by atoms with Gasteiger partial charge in [-0.1, -0.05) is 55.3 Å². The highest BCUT2D eigenvalue weighted by Crippen LogP contribution is 2.38. The monoisotopic (exact) mass is 384 g/mol. The van der Waals surface area contributed by atoms with Crippen LogP contribution in [0.1, 0.15) is 43.0 Å². The summed E-state index contributed by atoms with van der Waals surface area (Å²) in [6, 6.07) is 18.2. The lowest BCUT2D eigenvalue weighted by Gasteiger charge is -2.08. The number of anilines is 1. The number of nitrogens with zero attached hydrogens (tertiary/aromatic N) is 3. The predicted molar refractivity (Wildman–Crippen MR) is 115 cm³/mol. The van der Waals surface area contributed by atoms with Crippen LogP contribution >= 0.6 is 0 Å². The van der Waals surface area contributed by atoms with Crippen molar-refractivity contribution in [3.8, 4) is 17.0 Å². The first-order valence-corrected chi connectivity index (χ1v) is 10.2. The number of benzene rings is 2. The van der Waals surface area contributed by atoms with E-state index in [1.165, 1.54) is 25.7 Å². The van der Waals surface area contributed by atoms with E-state index >= 15 is 0 Å². The van der Waals surface area contributed by atoms with E-state index in [0.717, 1.165) is 33.9 Å². The highest BCUT2D eigenvalue weighted by Gasteiger charge is 2.25. The molecule has 0 atom stereocenters. The Bertz CT molecular complexity index is 1130. The molecule has 1 saturated carbocycles. The molecule has 2 N–H and O–H groups in total. The van der Waals surface area contributed by atoms with Crippen LogP contribution in [0.5, 0.6) is 5.75 Å². The first kappa shape index (κ1) is 17.7. The van der Waals surface area contributed by atoms with Crippen molar-refractivity contribution in [2.45, 2.75) is 38.2 Å². The summed E-state index contributed by atoms with van der Waals surface area (Å²) in [6.07, 6.45) is 8.62. The molecular weight excluding hydrogens is 360 g/mol. The number of imidazole rings is 1. The highest BCUT2D eigenvalue weighted by molar-refractivity contribution is 5.85. The Hall–Kier alpha value is -3.34. The fourth-order valence-electron chi connectivity index (χ4n) is 4.23. The van der Waals surface area contributed by atoms with E-state index in [1.54, 1.807) is 6.20 Å². The van der Waals surface area contributed by atoms with Gasteiger partial charge in [0.05, 0.1) is 0 Å². The molecule has 0 amide bonds. The SMILES string of the molecule is Nc1nccn2c(C3CCCC3)nc(-c3cccc(OCc4ccccc4)c3)c12. The summed E-state index contributed by atoms with van der Waals surface area (Å²) in [4.78, 5) is 9.37. The molecule has 5 rings (SSSR count). The van der Waals surface area contributed by atoms with Crippen molar-refractivity contribution < 1.29 is 4.74 Å². The van der Waals surface area contributed by atoms with Crippen molar-refractivity contribution in [2.75, 3.05) is 5.73 Å². The molecule has 4 aromatic rings. The van der Waals surface area contributed by atoms with Gasteiger partial charge in [-0.15, -0.1) is 0 Å². The van der Waals surface area contributed by atoms with Crippen LogP contribution in [0.3, 0.4) is 0 Å². The van der Waals surface area contributed by atoms with Crippen molar-refractivity contribution in [3.63, 3.8) is 0 Å². The number of ether oxygens (including phenoxy) is 1. The molecule has 5 heteroatoms. The van der Waals surface area contributed by atoms with E-state index in [-0.39, 0.29) is 0 Å². The van der Waals surface area contributed by atoms with Crippen molar-refractivity contribution in [1.29, 1.82) is 0 Å². The second-order valence-electron chi connectivity index (χ2n) is 7.63. The molecule has 0 saturated heterocycles. The zero-order valence-electron chi connectivity index (χ0n) is 16.3. The van der Waals surface area contributed by atoms with E-state index < -0.39 is 0 Å². The van der Waals surface area contributed by atoms with Gasteiger partial charge in [0, 0.05) is 23.9 Å². The van der Waals surface area contributed by atoms with Crippen molar-refractivity contribution in [1.82, 2.24) is 14.4 Å². The van der Waals surface area contributed by atoms with Gasteiger partial charge in [0.25, 0.3) is 0 Å². The molecule has 146 valence electrons. The van der Waals surface area contributed by atoms with E-state index in [9.17, 15) is 0 Å². The lowest BCUT2D eigenvalue weighted by atomic mass is 10.1. The van der Waals surface area contributed by atoms with E-state index in [2.05, 4.69) is 27.6 Å². The van der Waals surface area contributed by atoms with Gasteiger partial charge in [0.15, 0.2) is 0 Å². The summed E-state index contributed by atoms with van der Waals surface area (Å²) < 4.78 is 8.15. The second kappa shape index (κ2) is 7.59. The highest BCUT2D eigenvalue weighted by atomic mass is 16.5. The Morgan fingerprint density at radius 1 is 1.03 bits per heavy atom. The average Bonchev–Trinajstić information content (AvgIpc) is 3.42. The normalized spacial score (nSPS) is 14.5. The zero-order valence-corrected chi connectivity index (χ0v) is 16.3. The van der Waals surface area contributed by atoms with Crippen LogP contribution in [0.15, 0.2) is 67.0 Å². The third-order valence-corrected chi connectivity index (χ3v) is 5.69. The number of rotatable bonds is 5. The predicted octanol–water partition coefficient (Wildman–Crippen LogP) is 5.22. The molecule has 0 radical (unpaired) electrons. The molecule has 1 aliphatic rings. The number of fused-ring (bicyclic) bond motifs is 1. The molecule has 0 aliphatic heterocycles. The summed E-state index contributed by atoms with van der Waals surface area (Å²) in [7, 11) is 0. The summed E-state index contributed by atoms with van der Waals surface area (Å²) in [6.45, 7) is 0.533. The second-order valence-corrected chi connectivity index (χ2v) is 7.63. The molecule has 0 bridgehead atoms. The fourth-order valence-corrected chi connectivity index (χ4v) is 4.23. The summed E-state index contributed by atoms with van der Waals surface area (Å²) >= 11 is 0. The molecule has 29 heavy (non-hydrogen) atoms. The molecule has 2 aromatic carbocycles. The van der Waals surface area contributed by atoms with Gasteiger partial charge in [-0.3, -0.25) is 4.40 Å². The molecule has 5 nitrogen and oxygen atoms in total. The number of nitrogens with two attached hydrogens (primary N) is 1. The van der Waals surface area contributed by atoms with E-state index in [1.807, 2.05) is 42.6 Å². The summed E-state index contributed by atoms with van der Waals surface area (Å²) in [5, 5.41) is 0. The molecule has 0 spiro atoms. The van der Waals surface area contributed by atoms with Crippen LogP contribution in [0.25, 0.3) is 16.8 Å². The summed E-state index contributed by atoms with van der Waals surface area (Å²) in [5.41, 5.74) is 10.2. The number of hydrogen-bond acceptors (Lipinski definition) is 4.